The summed E-state index contributed by atoms with van der Waals surface area (Å²) in [4.78, 5) is 27.3. The summed E-state index contributed by atoms with van der Waals surface area (Å²) in [5.41, 5.74) is 1.68. The van der Waals surface area contributed by atoms with Crippen LogP contribution in [0.1, 0.15) is 31.4 Å². The molecule has 2 aromatic rings. The van der Waals surface area contributed by atoms with Gasteiger partial charge >= 0.3 is 12.2 Å². The van der Waals surface area contributed by atoms with Crippen molar-refractivity contribution in [2.75, 3.05) is 6.54 Å². The molecule has 9 heteroatoms. The molecule has 4 rings (SSSR count). The number of alkyl carbamates (subject to hydrolysis) is 1. The van der Waals surface area contributed by atoms with Crippen molar-refractivity contribution in [3.63, 3.8) is 0 Å². The summed E-state index contributed by atoms with van der Waals surface area (Å²) in [6, 6.07) is 17.2. The van der Waals surface area contributed by atoms with E-state index in [0.717, 1.165) is 11.1 Å². The van der Waals surface area contributed by atoms with Gasteiger partial charge in [-0.3, -0.25) is 4.90 Å². The molecule has 2 N–H and O–H groups in total. The number of ether oxygens (including phenoxy) is 4. The molecule has 198 valence electrons. The first-order valence-corrected chi connectivity index (χ1v) is 12.4. The van der Waals surface area contributed by atoms with Crippen molar-refractivity contribution in [3.8, 4) is 0 Å². The Labute approximate surface area is 217 Å². The Morgan fingerprint density at radius 3 is 2.19 bits per heavy atom. The van der Waals surface area contributed by atoms with E-state index in [1.54, 1.807) is 19.9 Å². The zero-order valence-corrected chi connectivity index (χ0v) is 21.1. The number of carbonyl (C=O) groups is 2. The van der Waals surface area contributed by atoms with Crippen LogP contribution in [0.2, 0.25) is 0 Å². The second-order valence-electron chi connectivity index (χ2n) is 9.60. The second kappa shape index (κ2) is 11.8. The summed E-state index contributed by atoms with van der Waals surface area (Å²) in [7, 11) is 0. The van der Waals surface area contributed by atoms with E-state index in [1.807, 2.05) is 60.7 Å². The fourth-order valence-corrected chi connectivity index (χ4v) is 4.86. The van der Waals surface area contributed by atoms with E-state index in [0.29, 0.717) is 0 Å². The number of aliphatic hydroxyl groups excluding tert-OH is 1. The third-order valence-electron chi connectivity index (χ3n) is 6.44. The van der Waals surface area contributed by atoms with Gasteiger partial charge in [-0.05, 0) is 31.4 Å². The molecule has 0 aliphatic carbocycles. The van der Waals surface area contributed by atoms with Gasteiger partial charge in [0.2, 0.25) is 0 Å². The van der Waals surface area contributed by atoms with Crippen molar-refractivity contribution in [2.45, 2.75) is 69.7 Å². The minimum absolute atomic E-state index is 0.0198. The largest absolute Gasteiger partial charge is 0.445 e. The third kappa shape index (κ3) is 6.49. The van der Waals surface area contributed by atoms with E-state index in [1.165, 1.54) is 4.90 Å². The SMILES string of the molecule is C=CC[C@H](O)[C@@H]1[C@@H]2OC(C)(C)O[C@@H]2[C@@H](CNC(=O)OCc2ccccc2)N1C(=O)OCc1ccccc1. The van der Waals surface area contributed by atoms with Gasteiger partial charge in [0.15, 0.2) is 5.79 Å². The van der Waals surface area contributed by atoms with Crippen LogP contribution in [0.3, 0.4) is 0 Å². The minimum atomic E-state index is -0.971. The fraction of sp³-hybridized carbons (Fsp3) is 0.429. The van der Waals surface area contributed by atoms with Gasteiger partial charge < -0.3 is 29.4 Å². The average Bonchev–Trinajstić information content (AvgIpc) is 3.36. The molecular formula is C28H34N2O7. The molecule has 0 radical (unpaired) electrons. The van der Waals surface area contributed by atoms with E-state index >= 15 is 0 Å². The number of hydrogen-bond acceptors (Lipinski definition) is 7. The van der Waals surface area contributed by atoms with Gasteiger partial charge in [0.1, 0.15) is 25.4 Å². The molecule has 0 saturated carbocycles. The average molecular weight is 511 g/mol. The Kier molecular flexibility index (Phi) is 8.48. The number of rotatable bonds is 9. The van der Waals surface area contributed by atoms with Crippen molar-refractivity contribution in [1.29, 1.82) is 0 Å². The standard InChI is InChI=1S/C28H34N2O7/c1-4-11-22(31)23-25-24(36-28(2,3)37-25)21(16-29-26(32)34-17-19-12-7-5-8-13-19)30(23)27(33)35-18-20-14-9-6-10-15-20/h4-10,12-15,21-25,31H,1,11,16-18H2,2-3H3,(H,29,32)/t21-,22+,23-,24-,25+/m1/s1. The van der Waals surface area contributed by atoms with Gasteiger partial charge in [-0.15, -0.1) is 6.58 Å². The van der Waals surface area contributed by atoms with Crippen LogP contribution in [0.5, 0.6) is 0 Å². The Balaban J connectivity index is 1.50. The van der Waals surface area contributed by atoms with Crippen LogP contribution in [0.4, 0.5) is 9.59 Å². The molecule has 2 heterocycles. The van der Waals surface area contributed by atoms with Crippen LogP contribution in [0, 0.1) is 0 Å². The highest BCUT2D eigenvalue weighted by Crippen LogP contribution is 2.42. The molecule has 5 atom stereocenters. The van der Waals surface area contributed by atoms with Crippen LogP contribution in [-0.4, -0.2) is 64.9 Å². The van der Waals surface area contributed by atoms with Crippen LogP contribution >= 0.6 is 0 Å². The Hall–Kier alpha value is -3.40. The lowest BCUT2D eigenvalue weighted by Gasteiger charge is -2.35. The summed E-state index contributed by atoms with van der Waals surface area (Å²) in [5, 5.41) is 13.7. The van der Waals surface area contributed by atoms with Crippen molar-refractivity contribution >= 4 is 12.2 Å². The van der Waals surface area contributed by atoms with E-state index in [-0.39, 0.29) is 26.2 Å². The highest BCUT2D eigenvalue weighted by atomic mass is 16.8. The van der Waals surface area contributed by atoms with Crippen molar-refractivity contribution in [3.05, 3.63) is 84.4 Å². The maximum Gasteiger partial charge on any atom is 0.410 e. The van der Waals surface area contributed by atoms with Gasteiger partial charge in [-0.2, -0.15) is 0 Å². The Morgan fingerprint density at radius 2 is 1.59 bits per heavy atom. The van der Waals surface area contributed by atoms with E-state index in [4.69, 9.17) is 18.9 Å². The molecule has 2 saturated heterocycles. The monoisotopic (exact) mass is 510 g/mol. The highest BCUT2D eigenvalue weighted by Gasteiger charge is 2.61. The normalized spacial score (nSPS) is 24.7. The van der Waals surface area contributed by atoms with Gasteiger partial charge in [0.05, 0.1) is 18.2 Å². The Bertz CT molecular complexity index is 1060. The molecule has 0 bridgehead atoms. The number of fused-ring (bicyclic) bond motifs is 1. The van der Waals surface area contributed by atoms with E-state index in [9.17, 15) is 14.7 Å². The maximum absolute atomic E-state index is 13.4. The number of nitrogens with zero attached hydrogens (tertiary/aromatic N) is 1. The smallest absolute Gasteiger partial charge is 0.410 e. The first-order valence-electron chi connectivity index (χ1n) is 12.4. The fourth-order valence-electron chi connectivity index (χ4n) is 4.86. The predicted molar refractivity (Wildman–Crippen MR) is 135 cm³/mol. The van der Waals surface area contributed by atoms with Crippen LogP contribution in [0.15, 0.2) is 73.3 Å². The number of hydrogen-bond donors (Lipinski definition) is 2. The lowest BCUT2D eigenvalue weighted by atomic mass is 10.0. The molecule has 0 unspecified atom stereocenters. The summed E-state index contributed by atoms with van der Waals surface area (Å²) in [6.07, 6.45) is -1.64. The number of amides is 2. The zero-order chi connectivity index (χ0) is 26.4. The number of benzene rings is 2. The molecule has 2 fully saturated rings. The molecular weight excluding hydrogens is 476 g/mol. The molecule has 0 spiro atoms. The maximum atomic E-state index is 13.4. The van der Waals surface area contributed by atoms with Crippen molar-refractivity contribution in [2.24, 2.45) is 0 Å². The van der Waals surface area contributed by atoms with Gasteiger partial charge in [-0.25, -0.2) is 9.59 Å². The number of carbonyl (C=O) groups excluding carboxylic acids is 2. The lowest BCUT2D eigenvalue weighted by Crippen LogP contribution is -2.54. The van der Waals surface area contributed by atoms with Crippen LogP contribution < -0.4 is 5.32 Å². The van der Waals surface area contributed by atoms with E-state index in [2.05, 4.69) is 11.9 Å². The number of aliphatic hydroxyl groups is 1. The lowest BCUT2D eigenvalue weighted by molar-refractivity contribution is -0.170. The van der Waals surface area contributed by atoms with Crippen molar-refractivity contribution < 1.29 is 33.6 Å². The summed E-state index contributed by atoms with van der Waals surface area (Å²) in [6.45, 7) is 7.46. The number of nitrogens with one attached hydrogen (secondary N) is 1. The third-order valence-corrected chi connectivity index (χ3v) is 6.44. The first kappa shape index (κ1) is 26.7. The number of likely N-dealkylation sites (tertiary alicyclic amines) is 1. The van der Waals surface area contributed by atoms with E-state index < -0.39 is 48.4 Å². The Morgan fingerprint density at radius 1 is 1.03 bits per heavy atom. The molecule has 2 amide bonds. The first-order chi connectivity index (χ1) is 17.8. The molecule has 0 aromatic heterocycles. The van der Waals surface area contributed by atoms with Crippen LogP contribution in [0.25, 0.3) is 0 Å². The minimum Gasteiger partial charge on any atom is -0.445 e. The molecule has 2 aliphatic rings. The summed E-state index contributed by atoms with van der Waals surface area (Å²) >= 11 is 0. The summed E-state index contributed by atoms with van der Waals surface area (Å²) < 4.78 is 23.2. The van der Waals surface area contributed by atoms with Crippen molar-refractivity contribution in [1.82, 2.24) is 10.2 Å². The van der Waals surface area contributed by atoms with Crippen LogP contribution in [-0.2, 0) is 32.2 Å². The topological polar surface area (TPSA) is 107 Å². The summed E-state index contributed by atoms with van der Waals surface area (Å²) in [5.74, 6) is -0.923. The molecule has 2 aliphatic heterocycles. The highest BCUT2D eigenvalue weighted by molar-refractivity contribution is 5.71. The van der Waals surface area contributed by atoms with Gasteiger partial charge in [0.25, 0.3) is 0 Å². The second-order valence-corrected chi connectivity index (χ2v) is 9.60. The molecule has 2 aromatic carbocycles. The molecule has 37 heavy (non-hydrogen) atoms. The van der Waals surface area contributed by atoms with Gasteiger partial charge in [-0.1, -0.05) is 66.7 Å². The predicted octanol–water partition coefficient (Wildman–Crippen LogP) is 3.76. The van der Waals surface area contributed by atoms with Gasteiger partial charge in [0, 0.05) is 6.54 Å². The quantitative estimate of drug-likeness (QED) is 0.495. The molecule has 9 nitrogen and oxygen atoms in total. The zero-order valence-electron chi connectivity index (χ0n) is 21.1.